The number of hydrogen-bond acceptors (Lipinski definition) is 7. The molecule has 0 saturated carbocycles. The Kier molecular flexibility index (Phi) is 7.81. The Bertz CT molecular complexity index is 744. The van der Waals surface area contributed by atoms with Crippen LogP contribution in [0, 0.1) is 0 Å². The zero-order valence-electron chi connectivity index (χ0n) is 12.2. The van der Waals surface area contributed by atoms with Gasteiger partial charge in [-0.15, -0.1) is 25.3 Å². The third kappa shape index (κ3) is 4.27. The molecular weight excluding hydrogens is 348 g/mol. The van der Waals surface area contributed by atoms with Crippen LogP contribution < -0.4 is 0 Å². The Balaban J connectivity index is 0.000000341. The minimum Gasteiger partial charge on any atom is -0.298 e. The Morgan fingerprint density at radius 3 is 1.12 bits per heavy atom. The van der Waals surface area contributed by atoms with E-state index < -0.39 is 0 Å². The minimum absolute atomic E-state index is 0.0928. The van der Waals surface area contributed by atoms with Crippen molar-refractivity contribution in [1.29, 1.82) is 0 Å². The maximum Gasteiger partial charge on any atom is 0.151 e. The van der Waals surface area contributed by atoms with Gasteiger partial charge in [-0.2, -0.15) is 0 Å². The molecule has 122 valence electrons. The van der Waals surface area contributed by atoms with Crippen molar-refractivity contribution in [2.45, 2.75) is 9.79 Å². The van der Waals surface area contributed by atoms with E-state index in [0.29, 0.717) is 12.6 Å². The van der Waals surface area contributed by atoms with Crippen LogP contribution in [0.5, 0.6) is 0 Å². The SMILES string of the molecule is O=Cc1c(S)c(C=O)c(C=O)c(C=O)c1C=O.Sc1ccccc1. The maximum atomic E-state index is 10.8. The lowest BCUT2D eigenvalue weighted by Gasteiger charge is -2.10. The molecule has 0 aliphatic rings. The highest BCUT2D eigenvalue weighted by Crippen LogP contribution is 2.26. The number of rotatable bonds is 5. The van der Waals surface area contributed by atoms with Crippen molar-refractivity contribution in [3.63, 3.8) is 0 Å². The molecule has 7 heteroatoms. The van der Waals surface area contributed by atoms with Gasteiger partial charge in [-0.1, -0.05) is 18.2 Å². The van der Waals surface area contributed by atoms with Crippen LogP contribution in [0.2, 0.25) is 0 Å². The van der Waals surface area contributed by atoms with Gasteiger partial charge in [0.2, 0.25) is 0 Å². The first-order chi connectivity index (χ1) is 11.5. The number of benzene rings is 2. The normalized spacial score (nSPS) is 9.25. The van der Waals surface area contributed by atoms with Crippen LogP contribution in [-0.2, 0) is 0 Å². The summed E-state index contributed by atoms with van der Waals surface area (Å²) in [6.07, 6.45) is 1.41. The van der Waals surface area contributed by atoms with Gasteiger partial charge in [-0.3, -0.25) is 24.0 Å². The van der Waals surface area contributed by atoms with E-state index in [9.17, 15) is 24.0 Å². The molecule has 0 atom stereocenters. The predicted octanol–water partition coefficient (Wildman–Crippen LogP) is 3.01. The predicted molar refractivity (Wildman–Crippen MR) is 94.3 cm³/mol. The minimum atomic E-state index is -0.281. The lowest BCUT2D eigenvalue weighted by atomic mass is 9.94. The highest BCUT2D eigenvalue weighted by Gasteiger charge is 2.20. The second kappa shape index (κ2) is 9.59. The van der Waals surface area contributed by atoms with Crippen molar-refractivity contribution in [1.82, 2.24) is 0 Å². The maximum absolute atomic E-state index is 10.8. The largest absolute Gasteiger partial charge is 0.298 e. The van der Waals surface area contributed by atoms with Crippen molar-refractivity contribution >= 4 is 56.7 Å². The Hall–Kier alpha value is -2.51. The molecule has 0 aliphatic heterocycles. The van der Waals surface area contributed by atoms with Crippen molar-refractivity contribution in [3.05, 3.63) is 58.1 Å². The summed E-state index contributed by atoms with van der Waals surface area (Å²) in [4.78, 5) is 55.1. The summed E-state index contributed by atoms with van der Waals surface area (Å²) in [5.41, 5.74) is -1.13. The number of hydrogen-bond donors (Lipinski definition) is 2. The Labute approximate surface area is 148 Å². The van der Waals surface area contributed by atoms with Gasteiger partial charge in [0.25, 0.3) is 0 Å². The fraction of sp³-hybridized carbons (Fsp3) is 0. The molecule has 24 heavy (non-hydrogen) atoms. The fourth-order valence-corrected chi connectivity index (χ4v) is 2.40. The van der Waals surface area contributed by atoms with Gasteiger partial charge in [0.1, 0.15) is 0 Å². The molecule has 2 rings (SSSR count). The molecule has 5 nitrogen and oxygen atoms in total. The Morgan fingerprint density at radius 2 is 0.875 bits per heavy atom. The van der Waals surface area contributed by atoms with Crippen LogP contribution >= 0.6 is 25.3 Å². The first kappa shape index (κ1) is 19.5. The molecule has 0 amide bonds. The quantitative estimate of drug-likeness (QED) is 0.632. The zero-order chi connectivity index (χ0) is 18.1. The smallest absolute Gasteiger partial charge is 0.151 e. The lowest BCUT2D eigenvalue weighted by molar-refractivity contribution is 0.106. The molecule has 0 aromatic heterocycles. The van der Waals surface area contributed by atoms with E-state index in [1.54, 1.807) is 0 Å². The van der Waals surface area contributed by atoms with E-state index >= 15 is 0 Å². The number of carbonyl (C=O) groups excluding carboxylic acids is 5. The van der Waals surface area contributed by atoms with Gasteiger partial charge in [0, 0.05) is 37.6 Å². The molecule has 0 unspecified atom stereocenters. The van der Waals surface area contributed by atoms with Gasteiger partial charge >= 0.3 is 0 Å². The molecule has 0 N–H and O–H groups in total. The van der Waals surface area contributed by atoms with Gasteiger partial charge in [-0.25, -0.2) is 0 Å². The number of thiol groups is 2. The van der Waals surface area contributed by atoms with Gasteiger partial charge in [-0.05, 0) is 12.1 Å². The van der Waals surface area contributed by atoms with Crippen LogP contribution in [0.1, 0.15) is 51.8 Å². The summed E-state index contributed by atoms with van der Waals surface area (Å²) >= 11 is 7.99. The van der Waals surface area contributed by atoms with Crippen LogP contribution in [0.4, 0.5) is 0 Å². The van der Waals surface area contributed by atoms with Crippen molar-refractivity contribution in [3.8, 4) is 0 Å². The number of aldehydes is 5. The zero-order valence-corrected chi connectivity index (χ0v) is 14.0. The highest BCUT2D eigenvalue weighted by molar-refractivity contribution is 7.80. The molecule has 0 bridgehead atoms. The third-order valence-corrected chi connectivity index (χ3v) is 3.80. The van der Waals surface area contributed by atoms with E-state index in [1.807, 2.05) is 30.3 Å². The lowest BCUT2D eigenvalue weighted by Crippen LogP contribution is -2.08. The average molecular weight is 360 g/mol. The summed E-state index contributed by atoms with van der Waals surface area (Å²) in [7, 11) is 0. The van der Waals surface area contributed by atoms with Crippen molar-refractivity contribution in [2.24, 2.45) is 0 Å². The van der Waals surface area contributed by atoms with Crippen LogP contribution in [0.3, 0.4) is 0 Å². The number of carbonyl (C=O) groups is 5. The van der Waals surface area contributed by atoms with Crippen LogP contribution in [0.25, 0.3) is 0 Å². The van der Waals surface area contributed by atoms with E-state index in [4.69, 9.17) is 0 Å². The van der Waals surface area contributed by atoms with E-state index in [2.05, 4.69) is 25.3 Å². The summed E-state index contributed by atoms with van der Waals surface area (Å²) in [5, 5.41) is 0. The van der Waals surface area contributed by atoms with Gasteiger partial charge in [0.05, 0.1) is 0 Å². The second-order valence-corrected chi connectivity index (χ2v) is 5.31. The summed E-state index contributed by atoms with van der Waals surface area (Å²) in [6, 6.07) is 9.79. The van der Waals surface area contributed by atoms with Crippen LogP contribution in [0.15, 0.2) is 40.1 Å². The second-order valence-electron chi connectivity index (χ2n) is 4.34. The molecule has 0 heterocycles. The first-order valence-corrected chi connectivity index (χ1v) is 7.37. The molecule has 0 aliphatic carbocycles. The molecule has 0 saturated heterocycles. The summed E-state index contributed by atoms with van der Waals surface area (Å²) < 4.78 is 0. The monoisotopic (exact) mass is 360 g/mol. The summed E-state index contributed by atoms with van der Waals surface area (Å²) in [6.45, 7) is 0. The molecule has 0 radical (unpaired) electrons. The van der Waals surface area contributed by atoms with E-state index in [0.717, 1.165) is 4.90 Å². The van der Waals surface area contributed by atoms with E-state index in [-0.39, 0.29) is 51.6 Å². The molecule has 0 fully saturated rings. The first-order valence-electron chi connectivity index (χ1n) is 6.48. The molecule has 2 aromatic rings. The standard InChI is InChI=1S/C11H6O5S.C6H6S/c12-1-6-7(2-13)9(4-15)11(17)10(5-16)8(6)3-14;7-6-4-2-1-3-5-6/h1-5,17H;1-5,7H. The van der Waals surface area contributed by atoms with E-state index in [1.165, 1.54) is 0 Å². The van der Waals surface area contributed by atoms with Crippen molar-refractivity contribution < 1.29 is 24.0 Å². The average Bonchev–Trinajstić information content (AvgIpc) is 2.61. The van der Waals surface area contributed by atoms with Gasteiger partial charge in [0.15, 0.2) is 31.4 Å². The van der Waals surface area contributed by atoms with Crippen molar-refractivity contribution in [2.75, 3.05) is 0 Å². The molecule has 0 spiro atoms. The summed E-state index contributed by atoms with van der Waals surface area (Å²) in [5.74, 6) is 0. The topological polar surface area (TPSA) is 85.3 Å². The molecule has 2 aromatic carbocycles. The Morgan fingerprint density at radius 1 is 0.542 bits per heavy atom. The molecular formula is C17H12O5S2. The fourth-order valence-electron chi connectivity index (χ4n) is 1.88. The van der Waals surface area contributed by atoms with Gasteiger partial charge < -0.3 is 0 Å². The highest BCUT2D eigenvalue weighted by atomic mass is 32.1. The van der Waals surface area contributed by atoms with Crippen LogP contribution in [-0.4, -0.2) is 31.4 Å². The third-order valence-electron chi connectivity index (χ3n) is 3.02.